The Morgan fingerprint density at radius 2 is 2.33 bits per heavy atom. The highest BCUT2D eigenvalue weighted by molar-refractivity contribution is 5.55. The molecule has 1 unspecified atom stereocenters. The fourth-order valence-corrected chi connectivity index (χ4v) is 1.73. The first-order valence-corrected chi connectivity index (χ1v) is 4.93. The molecule has 0 amide bonds. The summed E-state index contributed by atoms with van der Waals surface area (Å²) in [5.41, 5.74) is 0.871. The molecule has 0 aromatic heterocycles. The van der Waals surface area contributed by atoms with Crippen LogP contribution in [0.1, 0.15) is 12.5 Å². The van der Waals surface area contributed by atoms with Crippen molar-refractivity contribution < 1.29 is 19.3 Å². The van der Waals surface area contributed by atoms with E-state index in [4.69, 9.17) is 14.2 Å². The standard InChI is InChI=1S/C11H14O4/c1-3-14-10-6-7-9(13-2)5-4-8(12)11(7)15-10/h4-5,10,12H,3,6H2,1-2H3. The maximum Gasteiger partial charge on any atom is 0.204 e. The first-order chi connectivity index (χ1) is 7.26. The second-order valence-electron chi connectivity index (χ2n) is 3.30. The zero-order valence-corrected chi connectivity index (χ0v) is 8.82. The van der Waals surface area contributed by atoms with Crippen molar-refractivity contribution in [1.82, 2.24) is 0 Å². The number of aromatic hydroxyl groups is 1. The third-order valence-corrected chi connectivity index (χ3v) is 2.39. The Kier molecular flexibility index (Phi) is 2.68. The monoisotopic (exact) mass is 210 g/mol. The van der Waals surface area contributed by atoms with E-state index < -0.39 is 0 Å². The predicted octanol–water partition coefficient (Wildman–Crippen LogP) is 1.70. The normalized spacial score (nSPS) is 18.4. The summed E-state index contributed by atoms with van der Waals surface area (Å²) in [4.78, 5) is 0. The lowest BCUT2D eigenvalue weighted by atomic mass is 10.1. The summed E-state index contributed by atoms with van der Waals surface area (Å²) in [7, 11) is 1.60. The van der Waals surface area contributed by atoms with Crippen molar-refractivity contribution in [3.63, 3.8) is 0 Å². The van der Waals surface area contributed by atoms with E-state index in [0.717, 1.165) is 11.3 Å². The van der Waals surface area contributed by atoms with Crippen LogP contribution in [0.15, 0.2) is 12.1 Å². The van der Waals surface area contributed by atoms with E-state index in [1.54, 1.807) is 19.2 Å². The highest BCUT2D eigenvalue weighted by Crippen LogP contribution is 2.42. The van der Waals surface area contributed by atoms with Crippen LogP contribution in [0.4, 0.5) is 0 Å². The van der Waals surface area contributed by atoms with Crippen LogP contribution >= 0.6 is 0 Å². The molecule has 4 heteroatoms. The minimum Gasteiger partial charge on any atom is -0.504 e. The van der Waals surface area contributed by atoms with Crippen molar-refractivity contribution in [2.24, 2.45) is 0 Å². The molecule has 1 N–H and O–H groups in total. The lowest BCUT2D eigenvalue weighted by Crippen LogP contribution is -2.17. The Bertz CT molecular complexity index is 362. The Morgan fingerprint density at radius 1 is 1.53 bits per heavy atom. The van der Waals surface area contributed by atoms with E-state index in [2.05, 4.69) is 0 Å². The van der Waals surface area contributed by atoms with Gasteiger partial charge in [-0.05, 0) is 19.1 Å². The van der Waals surface area contributed by atoms with Crippen LogP contribution in [0.25, 0.3) is 0 Å². The van der Waals surface area contributed by atoms with Gasteiger partial charge in [-0.3, -0.25) is 0 Å². The molecule has 0 bridgehead atoms. The molecule has 1 aliphatic heterocycles. The molecule has 0 radical (unpaired) electrons. The van der Waals surface area contributed by atoms with Crippen LogP contribution in [-0.4, -0.2) is 25.1 Å². The summed E-state index contributed by atoms with van der Waals surface area (Å²) in [6, 6.07) is 3.29. The number of phenolic OH excluding ortho intramolecular Hbond substituents is 1. The maximum absolute atomic E-state index is 9.60. The predicted molar refractivity (Wildman–Crippen MR) is 54.4 cm³/mol. The van der Waals surface area contributed by atoms with Crippen LogP contribution in [0.2, 0.25) is 0 Å². The van der Waals surface area contributed by atoms with Gasteiger partial charge in [0.05, 0.1) is 7.11 Å². The summed E-state index contributed by atoms with van der Waals surface area (Å²) < 4.78 is 16.0. The second kappa shape index (κ2) is 3.98. The summed E-state index contributed by atoms with van der Waals surface area (Å²) in [6.45, 7) is 2.49. The average molecular weight is 210 g/mol. The smallest absolute Gasteiger partial charge is 0.204 e. The Hall–Kier alpha value is -1.42. The highest BCUT2D eigenvalue weighted by Gasteiger charge is 2.28. The molecule has 0 saturated carbocycles. The molecule has 0 saturated heterocycles. The van der Waals surface area contributed by atoms with Gasteiger partial charge in [0.1, 0.15) is 5.75 Å². The summed E-state index contributed by atoms with van der Waals surface area (Å²) >= 11 is 0. The number of methoxy groups -OCH3 is 1. The number of benzene rings is 1. The Morgan fingerprint density at radius 3 is 3.00 bits per heavy atom. The quantitative estimate of drug-likeness (QED) is 0.824. The van der Waals surface area contributed by atoms with E-state index in [0.29, 0.717) is 18.8 Å². The van der Waals surface area contributed by atoms with E-state index in [9.17, 15) is 5.11 Å². The Balaban J connectivity index is 2.30. The highest BCUT2D eigenvalue weighted by atomic mass is 16.7. The van der Waals surface area contributed by atoms with Crippen molar-refractivity contribution >= 4 is 0 Å². The second-order valence-corrected chi connectivity index (χ2v) is 3.30. The molecule has 2 rings (SSSR count). The van der Waals surface area contributed by atoms with Crippen molar-refractivity contribution in [3.8, 4) is 17.2 Å². The van der Waals surface area contributed by atoms with Gasteiger partial charge < -0.3 is 19.3 Å². The molecule has 4 nitrogen and oxygen atoms in total. The van der Waals surface area contributed by atoms with Gasteiger partial charge in [0.2, 0.25) is 6.29 Å². The third-order valence-electron chi connectivity index (χ3n) is 2.39. The molecule has 1 heterocycles. The number of hydrogen-bond acceptors (Lipinski definition) is 4. The van der Waals surface area contributed by atoms with Crippen LogP contribution in [-0.2, 0) is 11.2 Å². The lowest BCUT2D eigenvalue weighted by Gasteiger charge is -2.09. The number of ether oxygens (including phenoxy) is 3. The van der Waals surface area contributed by atoms with Gasteiger partial charge in [-0.2, -0.15) is 0 Å². The topological polar surface area (TPSA) is 47.9 Å². The molecule has 0 aliphatic carbocycles. The average Bonchev–Trinajstić information content (AvgIpc) is 2.64. The van der Waals surface area contributed by atoms with Crippen molar-refractivity contribution in [1.29, 1.82) is 0 Å². The van der Waals surface area contributed by atoms with Crippen molar-refractivity contribution in [2.75, 3.05) is 13.7 Å². The molecule has 1 atom stereocenters. The first-order valence-electron chi connectivity index (χ1n) is 4.93. The number of fused-ring (bicyclic) bond motifs is 1. The molecule has 1 aromatic rings. The first kappa shape index (κ1) is 10.1. The van der Waals surface area contributed by atoms with Crippen LogP contribution in [0.5, 0.6) is 17.2 Å². The van der Waals surface area contributed by atoms with Crippen molar-refractivity contribution in [2.45, 2.75) is 19.6 Å². The molecular weight excluding hydrogens is 196 g/mol. The summed E-state index contributed by atoms with van der Waals surface area (Å²) in [5, 5.41) is 9.60. The minimum absolute atomic E-state index is 0.132. The van der Waals surface area contributed by atoms with Crippen molar-refractivity contribution in [3.05, 3.63) is 17.7 Å². The fourth-order valence-electron chi connectivity index (χ4n) is 1.73. The summed E-state index contributed by atoms with van der Waals surface area (Å²) in [6.07, 6.45) is 0.299. The molecular formula is C11H14O4. The number of rotatable bonds is 3. The van der Waals surface area contributed by atoms with Crippen LogP contribution in [0.3, 0.4) is 0 Å². The molecule has 82 valence electrons. The van der Waals surface area contributed by atoms with E-state index in [1.807, 2.05) is 6.92 Å². The third kappa shape index (κ3) is 1.72. The molecule has 1 aliphatic rings. The maximum atomic E-state index is 9.60. The Labute approximate surface area is 88.4 Å². The molecule has 0 spiro atoms. The van der Waals surface area contributed by atoms with E-state index in [1.165, 1.54) is 0 Å². The zero-order valence-electron chi connectivity index (χ0n) is 8.82. The van der Waals surface area contributed by atoms with Gasteiger partial charge in [0.25, 0.3) is 0 Å². The van der Waals surface area contributed by atoms with Gasteiger partial charge in [0.15, 0.2) is 11.5 Å². The van der Waals surface area contributed by atoms with E-state index >= 15 is 0 Å². The van der Waals surface area contributed by atoms with Gasteiger partial charge in [-0.15, -0.1) is 0 Å². The van der Waals surface area contributed by atoms with Crippen LogP contribution < -0.4 is 9.47 Å². The van der Waals surface area contributed by atoms with Gasteiger partial charge in [-0.25, -0.2) is 0 Å². The SMILES string of the molecule is CCOC1Cc2c(OC)ccc(O)c2O1. The lowest BCUT2D eigenvalue weighted by molar-refractivity contribution is -0.0610. The van der Waals surface area contributed by atoms with E-state index in [-0.39, 0.29) is 12.0 Å². The van der Waals surface area contributed by atoms with Gasteiger partial charge in [-0.1, -0.05) is 0 Å². The fraction of sp³-hybridized carbons (Fsp3) is 0.455. The number of phenols is 1. The molecule has 15 heavy (non-hydrogen) atoms. The number of hydrogen-bond donors (Lipinski definition) is 1. The zero-order chi connectivity index (χ0) is 10.8. The molecule has 0 fully saturated rings. The summed E-state index contributed by atoms with van der Waals surface area (Å²) in [5.74, 6) is 1.34. The van der Waals surface area contributed by atoms with Crippen LogP contribution in [0, 0.1) is 0 Å². The largest absolute Gasteiger partial charge is 0.504 e. The minimum atomic E-state index is -0.313. The van der Waals surface area contributed by atoms with Gasteiger partial charge >= 0.3 is 0 Å². The molecule has 1 aromatic carbocycles. The van der Waals surface area contributed by atoms with Gasteiger partial charge in [0, 0.05) is 18.6 Å².